The van der Waals surface area contributed by atoms with E-state index in [1.54, 1.807) is 0 Å². The van der Waals surface area contributed by atoms with Crippen molar-refractivity contribution in [3.05, 3.63) is 131 Å². The van der Waals surface area contributed by atoms with Gasteiger partial charge in [-0.2, -0.15) is 0 Å². The molecule has 0 fully saturated rings. The van der Waals surface area contributed by atoms with Crippen molar-refractivity contribution < 1.29 is 4.74 Å². The zero-order valence-electron chi connectivity index (χ0n) is 24.1. The number of rotatable bonds is 10. The Hall–Kier alpha value is -2.97. The molecule has 0 aliphatic carbocycles. The van der Waals surface area contributed by atoms with Gasteiger partial charge >= 0.3 is 0 Å². The quantitative estimate of drug-likeness (QED) is 0.190. The Morgan fingerprint density at radius 2 is 1.05 bits per heavy atom. The SMILES string of the molecule is CCCOc1ccc(C)cc1.CCCSc1ccc(C)cc1.Cc1ccc(CCCc2ccccc2)cc1. The second kappa shape index (κ2) is 19.2. The Balaban J connectivity index is 0.000000206. The van der Waals surface area contributed by atoms with Crippen LogP contribution in [0.15, 0.2) is 108 Å². The highest BCUT2D eigenvalue weighted by molar-refractivity contribution is 7.99. The van der Waals surface area contributed by atoms with E-state index in [1.165, 1.54) is 64.1 Å². The molecule has 0 unspecified atom stereocenters. The summed E-state index contributed by atoms with van der Waals surface area (Å²) in [6, 6.07) is 36.4. The van der Waals surface area contributed by atoms with Crippen molar-refractivity contribution in [2.45, 2.75) is 71.6 Å². The molecule has 4 rings (SSSR count). The smallest absolute Gasteiger partial charge is 0.119 e. The van der Waals surface area contributed by atoms with Crippen LogP contribution in [0.1, 0.15) is 60.9 Å². The van der Waals surface area contributed by atoms with E-state index in [-0.39, 0.29) is 0 Å². The zero-order chi connectivity index (χ0) is 27.4. The number of hydrogen-bond donors (Lipinski definition) is 0. The molecule has 0 saturated heterocycles. The predicted octanol–water partition coefficient (Wildman–Crippen LogP) is 10.5. The van der Waals surface area contributed by atoms with Gasteiger partial charge in [0, 0.05) is 4.90 Å². The van der Waals surface area contributed by atoms with Gasteiger partial charge in [-0.05, 0) is 94.0 Å². The minimum absolute atomic E-state index is 0.809. The molecule has 0 amide bonds. The van der Waals surface area contributed by atoms with E-state index in [0.29, 0.717) is 0 Å². The summed E-state index contributed by atoms with van der Waals surface area (Å²) in [7, 11) is 0. The fourth-order valence-electron chi connectivity index (χ4n) is 3.60. The first kappa shape index (κ1) is 31.2. The summed E-state index contributed by atoms with van der Waals surface area (Å²) in [6.07, 6.45) is 5.89. The molecule has 0 aromatic heterocycles. The van der Waals surface area contributed by atoms with Crippen LogP contribution in [0.5, 0.6) is 5.75 Å². The Kier molecular flexibility index (Phi) is 15.7. The second-order valence-corrected chi connectivity index (χ2v) is 10.8. The van der Waals surface area contributed by atoms with Gasteiger partial charge in [-0.3, -0.25) is 0 Å². The average molecular weight is 527 g/mol. The summed E-state index contributed by atoms with van der Waals surface area (Å²) in [5, 5.41) is 0. The van der Waals surface area contributed by atoms with Crippen molar-refractivity contribution in [1.29, 1.82) is 0 Å². The molecule has 202 valence electrons. The lowest BCUT2D eigenvalue weighted by atomic mass is 10.0. The van der Waals surface area contributed by atoms with Gasteiger partial charge in [-0.15, -0.1) is 11.8 Å². The van der Waals surface area contributed by atoms with E-state index >= 15 is 0 Å². The third-order valence-electron chi connectivity index (χ3n) is 5.88. The van der Waals surface area contributed by atoms with E-state index in [0.717, 1.165) is 18.8 Å². The maximum absolute atomic E-state index is 5.41. The minimum Gasteiger partial charge on any atom is -0.494 e. The standard InChI is InChI=1S/C16H18.C10H14O.C10H14S/c1-14-10-12-16(13-11-14)9-5-8-15-6-3-2-4-7-15;2*1-3-8-11-10-6-4-9(2)5-7-10/h2-4,6-7,10-13H,5,8-9H2,1H3;2*4-7H,3,8H2,1-2H3. The summed E-state index contributed by atoms with van der Waals surface area (Å²) < 4.78 is 5.41. The van der Waals surface area contributed by atoms with Crippen molar-refractivity contribution in [1.82, 2.24) is 0 Å². The second-order valence-electron chi connectivity index (χ2n) is 9.65. The van der Waals surface area contributed by atoms with Crippen LogP contribution in [0.3, 0.4) is 0 Å². The fourth-order valence-corrected chi connectivity index (χ4v) is 4.37. The fraction of sp³-hybridized carbons (Fsp3) is 0.333. The van der Waals surface area contributed by atoms with Crippen molar-refractivity contribution in [2.75, 3.05) is 12.4 Å². The van der Waals surface area contributed by atoms with Crippen LogP contribution in [0.2, 0.25) is 0 Å². The molecule has 4 aromatic carbocycles. The lowest BCUT2D eigenvalue weighted by molar-refractivity contribution is 0.317. The highest BCUT2D eigenvalue weighted by Gasteiger charge is 1.95. The van der Waals surface area contributed by atoms with Crippen molar-refractivity contribution in [3.8, 4) is 5.75 Å². The Labute approximate surface area is 236 Å². The topological polar surface area (TPSA) is 9.23 Å². The summed E-state index contributed by atoms with van der Waals surface area (Å²) in [5.41, 5.74) is 6.84. The molecule has 0 saturated carbocycles. The van der Waals surface area contributed by atoms with Crippen molar-refractivity contribution >= 4 is 11.8 Å². The number of hydrogen-bond acceptors (Lipinski definition) is 2. The van der Waals surface area contributed by atoms with Gasteiger partial charge in [-0.1, -0.05) is 109 Å². The Morgan fingerprint density at radius 3 is 1.58 bits per heavy atom. The van der Waals surface area contributed by atoms with Gasteiger partial charge < -0.3 is 4.74 Å². The molecule has 0 bridgehead atoms. The molecule has 38 heavy (non-hydrogen) atoms. The molecule has 1 nitrogen and oxygen atoms in total. The molecule has 4 aromatic rings. The maximum Gasteiger partial charge on any atom is 0.119 e. The van der Waals surface area contributed by atoms with Crippen LogP contribution in [0, 0.1) is 20.8 Å². The Bertz CT molecular complexity index is 1050. The van der Waals surface area contributed by atoms with Gasteiger partial charge in [-0.25, -0.2) is 0 Å². The van der Waals surface area contributed by atoms with E-state index in [9.17, 15) is 0 Å². The van der Waals surface area contributed by atoms with Crippen LogP contribution in [0.4, 0.5) is 0 Å². The molecule has 0 heterocycles. The zero-order valence-corrected chi connectivity index (χ0v) is 24.9. The van der Waals surface area contributed by atoms with Gasteiger partial charge in [0.05, 0.1) is 6.61 Å². The highest BCUT2D eigenvalue weighted by atomic mass is 32.2. The van der Waals surface area contributed by atoms with E-state index in [4.69, 9.17) is 4.74 Å². The molecule has 0 aliphatic heterocycles. The van der Waals surface area contributed by atoms with Crippen LogP contribution >= 0.6 is 11.8 Å². The molecular weight excluding hydrogens is 480 g/mol. The van der Waals surface area contributed by atoms with Crippen LogP contribution in [0.25, 0.3) is 0 Å². The molecule has 0 aliphatic rings. The van der Waals surface area contributed by atoms with Gasteiger partial charge in [0.25, 0.3) is 0 Å². The molecule has 0 radical (unpaired) electrons. The molecule has 0 spiro atoms. The first-order valence-electron chi connectivity index (χ1n) is 14.0. The maximum atomic E-state index is 5.41. The van der Waals surface area contributed by atoms with Crippen LogP contribution in [-0.2, 0) is 12.8 Å². The molecule has 0 atom stereocenters. The van der Waals surface area contributed by atoms with Crippen molar-refractivity contribution in [3.63, 3.8) is 0 Å². The number of ether oxygens (including phenoxy) is 1. The largest absolute Gasteiger partial charge is 0.494 e. The normalized spacial score (nSPS) is 10.0. The summed E-state index contributed by atoms with van der Waals surface area (Å²) in [6.45, 7) is 11.4. The van der Waals surface area contributed by atoms with Gasteiger partial charge in [0.1, 0.15) is 5.75 Å². The molecule has 2 heteroatoms. The molecule has 0 N–H and O–H groups in total. The number of aryl methyl sites for hydroxylation is 5. The average Bonchev–Trinajstić information content (AvgIpc) is 2.95. The van der Waals surface area contributed by atoms with Gasteiger partial charge in [0.2, 0.25) is 0 Å². The van der Waals surface area contributed by atoms with E-state index in [1.807, 2.05) is 23.9 Å². The third kappa shape index (κ3) is 14.1. The predicted molar refractivity (Wildman–Crippen MR) is 169 cm³/mol. The first-order chi connectivity index (χ1) is 18.5. The van der Waals surface area contributed by atoms with Crippen LogP contribution < -0.4 is 4.74 Å². The van der Waals surface area contributed by atoms with Crippen molar-refractivity contribution in [2.24, 2.45) is 0 Å². The summed E-state index contributed by atoms with van der Waals surface area (Å²) in [5.74, 6) is 2.20. The number of benzene rings is 4. The van der Waals surface area contributed by atoms with Crippen LogP contribution in [-0.4, -0.2) is 12.4 Å². The highest BCUT2D eigenvalue weighted by Crippen LogP contribution is 2.18. The third-order valence-corrected chi connectivity index (χ3v) is 7.10. The summed E-state index contributed by atoms with van der Waals surface area (Å²) in [4.78, 5) is 1.39. The lowest BCUT2D eigenvalue weighted by Gasteiger charge is -2.03. The van der Waals surface area contributed by atoms with Gasteiger partial charge in [0.15, 0.2) is 0 Å². The monoisotopic (exact) mass is 526 g/mol. The van der Waals surface area contributed by atoms with E-state index in [2.05, 4.69) is 126 Å². The summed E-state index contributed by atoms with van der Waals surface area (Å²) >= 11 is 1.93. The lowest BCUT2D eigenvalue weighted by Crippen LogP contribution is -1.94. The number of thioether (sulfide) groups is 1. The van der Waals surface area contributed by atoms with E-state index < -0.39 is 0 Å². The molecular formula is C36H46OS. The first-order valence-corrected chi connectivity index (χ1v) is 15.0. The Morgan fingerprint density at radius 1 is 0.553 bits per heavy atom. The minimum atomic E-state index is 0.809.